The lowest BCUT2D eigenvalue weighted by Gasteiger charge is -2.30. The summed E-state index contributed by atoms with van der Waals surface area (Å²) in [5, 5.41) is 7.43. The van der Waals surface area contributed by atoms with Crippen molar-refractivity contribution in [1.82, 2.24) is 10.2 Å². The molecule has 2 N–H and O–H groups in total. The second-order valence-electron chi connectivity index (χ2n) is 7.32. The van der Waals surface area contributed by atoms with Crippen LogP contribution >= 0.6 is 11.3 Å². The van der Waals surface area contributed by atoms with Crippen LogP contribution in [0.1, 0.15) is 41.9 Å². The van der Waals surface area contributed by atoms with E-state index in [9.17, 15) is 9.59 Å². The van der Waals surface area contributed by atoms with Gasteiger partial charge >= 0.3 is 0 Å². The molecule has 2 aromatic rings. The molecular formula is C21H27N3O2S. The first kappa shape index (κ1) is 19.6. The maximum atomic E-state index is 12.3. The molecule has 144 valence electrons. The van der Waals surface area contributed by atoms with Crippen LogP contribution in [0.2, 0.25) is 0 Å². The van der Waals surface area contributed by atoms with Crippen LogP contribution in [0.25, 0.3) is 0 Å². The molecular weight excluding hydrogens is 358 g/mol. The van der Waals surface area contributed by atoms with Crippen molar-refractivity contribution in [2.24, 2.45) is 5.92 Å². The first-order valence-electron chi connectivity index (χ1n) is 9.48. The third kappa shape index (κ3) is 5.65. The van der Waals surface area contributed by atoms with Gasteiger partial charge in [0.1, 0.15) is 6.04 Å². The highest BCUT2D eigenvalue weighted by Crippen LogP contribution is 2.19. The third-order valence-corrected chi connectivity index (χ3v) is 5.86. The zero-order valence-corrected chi connectivity index (χ0v) is 16.7. The Bertz CT molecular complexity index is 750. The Hall–Kier alpha value is -2.18. The number of piperidine rings is 1. The summed E-state index contributed by atoms with van der Waals surface area (Å²) in [5.74, 6) is 0.387. The summed E-state index contributed by atoms with van der Waals surface area (Å²) < 4.78 is 0. The van der Waals surface area contributed by atoms with E-state index in [0.717, 1.165) is 31.2 Å². The van der Waals surface area contributed by atoms with Crippen molar-refractivity contribution in [3.8, 4) is 0 Å². The Morgan fingerprint density at radius 1 is 1.19 bits per heavy atom. The number of likely N-dealkylation sites (tertiary alicyclic amines) is 1. The van der Waals surface area contributed by atoms with Gasteiger partial charge in [-0.15, -0.1) is 11.3 Å². The number of rotatable bonds is 6. The van der Waals surface area contributed by atoms with Crippen molar-refractivity contribution in [2.45, 2.75) is 39.3 Å². The van der Waals surface area contributed by atoms with Gasteiger partial charge in [0.05, 0.1) is 4.88 Å². The summed E-state index contributed by atoms with van der Waals surface area (Å²) in [7, 11) is 0. The Morgan fingerprint density at radius 2 is 1.89 bits per heavy atom. The monoisotopic (exact) mass is 385 g/mol. The van der Waals surface area contributed by atoms with Gasteiger partial charge in [0.15, 0.2) is 0 Å². The second kappa shape index (κ2) is 9.15. The number of amides is 2. The minimum Gasteiger partial charge on any atom is -0.340 e. The van der Waals surface area contributed by atoms with E-state index in [-0.39, 0.29) is 11.8 Å². The standard InChI is InChI=1S/C21H27N3O2S/c1-15-9-11-24(12-10-15)14-17-5-7-18(8-6-17)23-20(25)16(2)22-21(26)19-4-3-13-27-19/h3-8,13,15-16H,9-12,14H2,1-2H3,(H,22,26)(H,23,25). The predicted molar refractivity (Wildman–Crippen MR) is 110 cm³/mol. The van der Waals surface area contributed by atoms with E-state index in [4.69, 9.17) is 0 Å². The third-order valence-electron chi connectivity index (χ3n) is 4.99. The number of nitrogens with zero attached hydrogens (tertiary/aromatic N) is 1. The van der Waals surface area contributed by atoms with Crippen molar-refractivity contribution in [1.29, 1.82) is 0 Å². The lowest BCUT2D eigenvalue weighted by atomic mass is 9.99. The largest absolute Gasteiger partial charge is 0.340 e. The Kier molecular flexibility index (Phi) is 6.63. The first-order chi connectivity index (χ1) is 13.0. The lowest BCUT2D eigenvalue weighted by molar-refractivity contribution is -0.117. The van der Waals surface area contributed by atoms with E-state index in [1.807, 2.05) is 23.6 Å². The highest BCUT2D eigenvalue weighted by molar-refractivity contribution is 7.12. The predicted octanol–water partition coefficient (Wildman–Crippen LogP) is 3.74. The zero-order valence-electron chi connectivity index (χ0n) is 15.9. The molecule has 0 aliphatic carbocycles. The molecule has 3 rings (SSSR count). The number of anilines is 1. The average Bonchev–Trinajstić information content (AvgIpc) is 3.20. The van der Waals surface area contributed by atoms with Crippen LogP contribution in [0.3, 0.4) is 0 Å². The quantitative estimate of drug-likeness (QED) is 0.796. The van der Waals surface area contributed by atoms with Crippen LogP contribution in [0, 0.1) is 5.92 Å². The summed E-state index contributed by atoms with van der Waals surface area (Å²) in [6.07, 6.45) is 2.53. The van der Waals surface area contributed by atoms with Crippen molar-refractivity contribution < 1.29 is 9.59 Å². The topological polar surface area (TPSA) is 61.4 Å². The number of benzene rings is 1. The van der Waals surface area contributed by atoms with Gasteiger partial charge in [-0.3, -0.25) is 14.5 Å². The van der Waals surface area contributed by atoms with E-state index < -0.39 is 6.04 Å². The molecule has 1 fully saturated rings. The van der Waals surface area contributed by atoms with E-state index in [1.165, 1.54) is 29.7 Å². The molecule has 1 unspecified atom stereocenters. The molecule has 5 nitrogen and oxygen atoms in total. The number of nitrogens with one attached hydrogen (secondary N) is 2. The minimum atomic E-state index is -0.602. The summed E-state index contributed by atoms with van der Waals surface area (Å²) in [6.45, 7) is 7.27. The number of hydrogen-bond donors (Lipinski definition) is 2. The number of carbonyl (C=O) groups is 2. The molecule has 27 heavy (non-hydrogen) atoms. The van der Waals surface area contributed by atoms with E-state index in [1.54, 1.807) is 13.0 Å². The maximum absolute atomic E-state index is 12.3. The van der Waals surface area contributed by atoms with Gasteiger partial charge < -0.3 is 10.6 Å². The number of carbonyl (C=O) groups excluding carboxylic acids is 2. The fourth-order valence-electron chi connectivity index (χ4n) is 3.16. The molecule has 1 atom stereocenters. The summed E-state index contributed by atoms with van der Waals surface area (Å²) in [6, 6.07) is 10.9. The van der Waals surface area contributed by atoms with Crippen LogP contribution in [-0.2, 0) is 11.3 Å². The van der Waals surface area contributed by atoms with Crippen molar-refractivity contribution in [3.05, 3.63) is 52.2 Å². The minimum absolute atomic E-state index is 0.223. The van der Waals surface area contributed by atoms with Crippen molar-refractivity contribution in [2.75, 3.05) is 18.4 Å². The fourth-order valence-corrected chi connectivity index (χ4v) is 3.79. The number of hydrogen-bond acceptors (Lipinski definition) is 4. The van der Waals surface area contributed by atoms with Gasteiger partial charge in [-0.1, -0.05) is 25.1 Å². The highest BCUT2D eigenvalue weighted by Gasteiger charge is 2.18. The molecule has 0 bridgehead atoms. The van der Waals surface area contributed by atoms with Crippen molar-refractivity contribution in [3.63, 3.8) is 0 Å². The molecule has 2 amide bonds. The molecule has 0 saturated carbocycles. The first-order valence-corrected chi connectivity index (χ1v) is 10.4. The second-order valence-corrected chi connectivity index (χ2v) is 8.26. The summed E-state index contributed by atoms with van der Waals surface area (Å²) in [4.78, 5) is 27.4. The maximum Gasteiger partial charge on any atom is 0.261 e. The van der Waals surface area contributed by atoms with Crippen LogP contribution in [0.15, 0.2) is 41.8 Å². The smallest absolute Gasteiger partial charge is 0.261 e. The van der Waals surface area contributed by atoms with E-state index in [2.05, 4.69) is 34.6 Å². The molecule has 1 aliphatic heterocycles. The molecule has 1 aromatic carbocycles. The van der Waals surface area contributed by atoms with Gasteiger partial charge in [-0.05, 0) is 67.9 Å². The van der Waals surface area contributed by atoms with Gasteiger partial charge in [-0.2, -0.15) is 0 Å². The molecule has 1 aromatic heterocycles. The van der Waals surface area contributed by atoms with Crippen LogP contribution in [0.4, 0.5) is 5.69 Å². The Morgan fingerprint density at radius 3 is 2.52 bits per heavy atom. The Labute approximate surface area is 164 Å². The highest BCUT2D eigenvalue weighted by atomic mass is 32.1. The van der Waals surface area contributed by atoms with Crippen LogP contribution in [-0.4, -0.2) is 35.8 Å². The van der Waals surface area contributed by atoms with Gasteiger partial charge in [0.25, 0.3) is 5.91 Å². The molecule has 2 heterocycles. The van der Waals surface area contributed by atoms with Gasteiger partial charge in [0, 0.05) is 12.2 Å². The van der Waals surface area contributed by atoms with Crippen LogP contribution in [0.5, 0.6) is 0 Å². The molecule has 0 radical (unpaired) electrons. The summed E-state index contributed by atoms with van der Waals surface area (Å²) in [5.41, 5.74) is 2.00. The Balaban J connectivity index is 1.48. The molecule has 1 saturated heterocycles. The van der Waals surface area contributed by atoms with Gasteiger partial charge in [0.2, 0.25) is 5.91 Å². The molecule has 1 aliphatic rings. The fraction of sp³-hybridized carbons (Fsp3) is 0.429. The molecule has 6 heteroatoms. The SMILES string of the molecule is CC1CCN(Cc2ccc(NC(=O)C(C)NC(=O)c3cccs3)cc2)CC1. The van der Waals surface area contributed by atoms with E-state index in [0.29, 0.717) is 4.88 Å². The molecule has 0 spiro atoms. The lowest BCUT2D eigenvalue weighted by Crippen LogP contribution is -2.41. The van der Waals surface area contributed by atoms with E-state index >= 15 is 0 Å². The normalized spacial score (nSPS) is 16.7. The summed E-state index contributed by atoms with van der Waals surface area (Å²) >= 11 is 1.36. The average molecular weight is 386 g/mol. The zero-order chi connectivity index (χ0) is 19.2. The van der Waals surface area contributed by atoms with Crippen molar-refractivity contribution >= 4 is 28.8 Å². The van der Waals surface area contributed by atoms with Crippen LogP contribution < -0.4 is 10.6 Å². The number of thiophene rings is 1. The van der Waals surface area contributed by atoms with Gasteiger partial charge in [-0.25, -0.2) is 0 Å².